The Morgan fingerprint density at radius 2 is 0.500 bits per heavy atom. The van der Waals surface area contributed by atoms with E-state index in [1.165, 1.54) is 0 Å². The zero-order chi connectivity index (χ0) is 0. The van der Waals surface area contributed by atoms with Crippen LogP contribution in [0.15, 0.2) is 0 Å². The molecule has 0 aliphatic heterocycles. The molecule has 0 radical (unpaired) electrons. The van der Waals surface area contributed by atoms with Crippen LogP contribution in [0.25, 0.3) is 0 Å². The quantitative estimate of drug-likeness (QED) is 0.307. The van der Waals surface area contributed by atoms with Crippen molar-refractivity contribution in [2.75, 3.05) is 0 Å². The summed E-state index contributed by atoms with van der Waals surface area (Å²) in [5, 5.41) is 0. The van der Waals surface area contributed by atoms with Crippen molar-refractivity contribution in [3.05, 3.63) is 0 Å². The first-order chi connectivity index (χ1) is 0. The summed E-state index contributed by atoms with van der Waals surface area (Å²) in [6.07, 6.45) is 0. The summed E-state index contributed by atoms with van der Waals surface area (Å²) in [4.78, 5) is 0. The van der Waals surface area contributed by atoms with Crippen LogP contribution in [-0.2, 0) is 0 Å². The second-order valence-corrected chi connectivity index (χ2v) is 0. The van der Waals surface area contributed by atoms with E-state index in [4.69, 9.17) is 0 Å². The number of hydrogen-bond donors (Lipinski definition) is 2. The first-order valence-corrected chi connectivity index (χ1v) is 0. The topological polar surface area (TPSA) is 70.0 Å². The van der Waals surface area contributed by atoms with Gasteiger partial charge in [-0.25, -0.2) is 0 Å². The van der Waals surface area contributed by atoms with Gasteiger partial charge in [0.25, 0.3) is 0 Å². The van der Waals surface area contributed by atoms with Crippen molar-refractivity contribution in [1.29, 1.82) is 0 Å². The number of rotatable bonds is 0. The van der Waals surface area contributed by atoms with Gasteiger partial charge in [0.05, 0.1) is 0 Å². The molecule has 4 heteroatoms. The Morgan fingerprint density at radius 1 is 0.500 bits per heavy atom. The van der Waals surface area contributed by atoms with Crippen LogP contribution in [0, 0.1) is 0 Å². The molecule has 0 fully saturated rings. The third-order valence-electron chi connectivity index (χ3n) is 0. The van der Waals surface area contributed by atoms with Crippen LogP contribution in [0.1, 0.15) is 0 Å². The fourth-order valence-electron chi connectivity index (χ4n) is 0. The molecule has 0 bridgehead atoms. The first kappa shape index (κ1) is 27.1. The monoisotopic (exact) mass is 112 g/mol. The molecule has 0 aromatic heterocycles. The Balaban J connectivity index is 0. The smallest absolute Gasteiger partial charge is 0.344 e. The zero-order valence-electron chi connectivity index (χ0n) is 3.41. The van der Waals surface area contributed by atoms with Gasteiger partial charge in [0.15, 0.2) is 0 Å². The molecule has 0 aliphatic rings. The van der Waals surface area contributed by atoms with Gasteiger partial charge in [-0.3, -0.25) is 0 Å². The Bertz CT molecular complexity index is 4.00. The minimum Gasteiger partial charge on any atom is -0.344 e. The Kier molecular flexibility index (Phi) is 111. The summed E-state index contributed by atoms with van der Waals surface area (Å²) in [5.74, 6) is 0. The second kappa shape index (κ2) is 16.4. The van der Waals surface area contributed by atoms with E-state index in [1.54, 1.807) is 0 Å². The molecule has 0 saturated carbocycles. The predicted molar refractivity (Wildman–Crippen MR) is 10.0 cm³/mol. The van der Waals surface area contributed by atoms with Gasteiger partial charge in [0.1, 0.15) is 0 Å². The molecule has 6 N–H and O–H groups in total. The SMILES string of the molecule is N.N.[K+].[K+]. The fourth-order valence-corrected chi connectivity index (χ4v) is 0. The van der Waals surface area contributed by atoms with E-state index in [1.807, 2.05) is 0 Å². The average Bonchev–Trinajstić information content (AvgIpc) is 0. The van der Waals surface area contributed by atoms with Crippen LogP contribution in [-0.4, -0.2) is 0 Å². The third-order valence-corrected chi connectivity index (χ3v) is 0. The summed E-state index contributed by atoms with van der Waals surface area (Å²) in [7, 11) is 0. The van der Waals surface area contributed by atoms with E-state index in [0.29, 0.717) is 0 Å². The minimum absolute atomic E-state index is 0. The van der Waals surface area contributed by atoms with E-state index in [0.717, 1.165) is 0 Å². The summed E-state index contributed by atoms with van der Waals surface area (Å²) in [6, 6.07) is 0. The van der Waals surface area contributed by atoms with E-state index in [9.17, 15) is 0 Å². The largest absolute Gasteiger partial charge is 1.00 e. The van der Waals surface area contributed by atoms with Crippen LogP contribution in [0.5, 0.6) is 0 Å². The molecule has 0 spiro atoms. The van der Waals surface area contributed by atoms with Crippen LogP contribution >= 0.6 is 0 Å². The molecule has 0 amide bonds. The molecular weight excluding hydrogens is 106 g/mol. The first-order valence-electron chi connectivity index (χ1n) is 0. The molecule has 2 nitrogen and oxygen atoms in total. The maximum atomic E-state index is 0. The Morgan fingerprint density at radius 3 is 0.500 bits per heavy atom. The van der Waals surface area contributed by atoms with Crippen LogP contribution < -0.4 is 115 Å². The molecule has 0 aliphatic carbocycles. The van der Waals surface area contributed by atoms with Crippen molar-refractivity contribution < 1.29 is 103 Å². The third kappa shape index (κ3) is 8.95. The van der Waals surface area contributed by atoms with E-state index >= 15 is 0 Å². The van der Waals surface area contributed by atoms with Crippen molar-refractivity contribution in [1.82, 2.24) is 12.3 Å². The predicted octanol–water partition coefficient (Wildman–Crippen LogP) is -5.67. The normalized spacial score (nSPS) is 0. The van der Waals surface area contributed by atoms with E-state index < -0.39 is 0 Å². The van der Waals surface area contributed by atoms with Crippen molar-refractivity contribution in [2.45, 2.75) is 0 Å². The van der Waals surface area contributed by atoms with Gasteiger partial charge in [0.2, 0.25) is 0 Å². The van der Waals surface area contributed by atoms with Gasteiger partial charge >= 0.3 is 103 Å². The van der Waals surface area contributed by atoms with Crippen molar-refractivity contribution in [3.8, 4) is 0 Å². The molecule has 16 valence electrons. The van der Waals surface area contributed by atoms with Gasteiger partial charge in [-0.15, -0.1) is 0 Å². The minimum atomic E-state index is 0. The Labute approximate surface area is 111 Å². The summed E-state index contributed by atoms with van der Waals surface area (Å²) in [6.45, 7) is 0. The average molecular weight is 112 g/mol. The zero-order valence-corrected chi connectivity index (χ0v) is 9.66. The molecule has 0 rings (SSSR count). The van der Waals surface area contributed by atoms with Crippen LogP contribution in [0.3, 0.4) is 0 Å². The van der Waals surface area contributed by atoms with Crippen molar-refractivity contribution in [3.63, 3.8) is 0 Å². The molecule has 0 heterocycles. The van der Waals surface area contributed by atoms with Crippen molar-refractivity contribution in [2.24, 2.45) is 0 Å². The van der Waals surface area contributed by atoms with Gasteiger partial charge in [0, 0.05) is 0 Å². The maximum Gasteiger partial charge on any atom is 1.00 e. The fraction of sp³-hybridized carbons (Fsp3) is 0. The molecule has 0 unspecified atom stereocenters. The summed E-state index contributed by atoms with van der Waals surface area (Å²) >= 11 is 0. The Hall–Kier alpha value is 3.19. The molecule has 0 atom stereocenters. The standard InChI is InChI=1S/2K.2H3N/h;;2*1H3/q2*+1;;. The van der Waals surface area contributed by atoms with E-state index in [-0.39, 0.29) is 115 Å². The van der Waals surface area contributed by atoms with Gasteiger partial charge in [-0.1, -0.05) is 0 Å². The molecule has 4 heavy (non-hydrogen) atoms. The van der Waals surface area contributed by atoms with E-state index in [2.05, 4.69) is 0 Å². The van der Waals surface area contributed by atoms with Gasteiger partial charge in [-0.05, 0) is 0 Å². The number of hydrogen-bond acceptors (Lipinski definition) is 2. The second-order valence-electron chi connectivity index (χ2n) is 0. The van der Waals surface area contributed by atoms with Gasteiger partial charge < -0.3 is 12.3 Å². The van der Waals surface area contributed by atoms with Crippen LogP contribution in [0.2, 0.25) is 0 Å². The van der Waals surface area contributed by atoms with Crippen LogP contribution in [0.4, 0.5) is 0 Å². The molecular formula is H6K2N2+2. The molecule has 0 aromatic carbocycles. The summed E-state index contributed by atoms with van der Waals surface area (Å²) in [5.41, 5.74) is 0. The summed E-state index contributed by atoms with van der Waals surface area (Å²) < 4.78 is 0. The van der Waals surface area contributed by atoms with Gasteiger partial charge in [-0.2, -0.15) is 0 Å². The molecule has 0 aromatic rings. The van der Waals surface area contributed by atoms with Crippen molar-refractivity contribution >= 4 is 0 Å². The maximum absolute atomic E-state index is 0. The molecule has 0 saturated heterocycles.